The zero-order chi connectivity index (χ0) is 14.8. The molecule has 1 aromatic carbocycles. The summed E-state index contributed by atoms with van der Waals surface area (Å²) in [6, 6.07) is 6.25. The van der Waals surface area contributed by atoms with Crippen molar-refractivity contribution in [3.63, 3.8) is 0 Å². The minimum atomic E-state index is -0.663. The predicted octanol–water partition coefficient (Wildman–Crippen LogP) is 2.61. The van der Waals surface area contributed by atoms with E-state index in [-0.39, 0.29) is 17.3 Å². The van der Waals surface area contributed by atoms with Crippen LogP contribution in [0.4, 0.5) is 4.39 Å². The van der Waals surface area contributed by atoms with Gasteiger partial charge in [0.1, 0.15) is 18.5 Å². The summed E-state index contributed by atoms with van der Waals surface area (Å²) < 4.78 is 15.4. The van der Waals surface area contributed by atoms with Gasteiger partial charge in [0.25, 0.3) is 0 Å². The third-order valence-corrected chi connectivity index (χ3v) is 3.42. The molecule has 4 nitrogen and oxygen atoms in total. The summed E-state index contributed by atoms with van der Waals surface area (Å²) in [5.74, 6) is -0.265. The maximum atomic E-state index is 13.8. The van der Waals surface area contributed by atoms with Crippen LogP contribution in [0.25, 0.3) is 0 Å². The van der Waals surface area contributed by atoms with E-state index in [0.717, 1.165) is 0 Å². The van der Waals surface area contributed by atoms with Crippen LogP contribution in [-0.4, -0.2) is 26.0 Å². The lowest BCUT2D eigenvalue weighted by molar-refractivity contribution is 0.0122. The van der Waals surface area contributed by atoms with E-state index in [1.165, 1.54) is 12.4 Å². The minimum Gasteiger partial charge on any atom is -0.390 e. The van der Waals surface area contributed by atoms with Gasteiger partial charge < -0.3 is 5.11 Å². The Kier molecular flexibility index (Phi) is 4.18. The predicted molar refractivity (Wildman–Crippen MR) is 74.6 cm³/mol. The minimum absolute atomic E-state index is 0.265. The van der Waals surface area contributed by atoms with Gasteiger partial charge in [-0.15, -0.1) is 0 Å². The van der Waals surface area contributed by atoms with Crippen LogP contribution in [0, 0.1) is 11.2 Å². The molecule has 0 aliphatic rings. The van der Waals surface area contributed by atoms with E-state index in [0.29, 0.717) is 12.0 Å². The molecule has 0 fully saturated rings. The normalized spacial score (nSPS) is 15.1. The maximum absolute atomic E-state index is 13.8. The van der Waals surface area contributed by atoms with Gasteiger partial charge in [-0.1, -0.05) is 39.0 Å². The first kappa shape index (κ1) is 14.7. The van der Waals surface area contributed by atoms with Crippen molar-refractivity contribution >= 4 is 0 Å². The molecule has 0 saturated heterocycles. The molecule has 2 unspecified atom stereocenters. The average molecular weight is 277 g/mol. The number of aromatic nitrogens is 3. The summed E-state index contributed by atoms with van der Waals surface area (Å²) in [5, 5.41) is 14.7. The van der Waals surface area contributed by atoms with Gasteiger partial charge >= 0.3 is 0 Å². The summed E-state index contributed by atoms with van der Waals surface area (Å²) in [6.07, 6.45) is 2.68. The number of hydrogen-bond donors (Lipinski definition) is 1. The van der Waals surface area contributed by atoms with Gasteiger partial charge in [0, 0.05) is 6.42 Å². The van der Waals surface area contributed by atoms with Crippen molar-refractivity contribution in [3.05, 3.63) is 48.3 Å². The first-order chi connectivity index (χ1) is 9.39. The Labute approximate surface area is 118 Å². The number of hydrogen-bond acceptors (Lipinski definition) is 3. The van der Waals surface area contributed by atoms with Crippen molar-refractivity contribution in [2.45, 2.75) is 39.3 Å². The lowest BCUT2D eigenvalue weighted by Gasteiger charge is -2.33. The Balaban J connectivity index is 2.31. The van der Waals surface area contributed by atoms with E-state index in [9.17, 15) is 9.50 Å². The monoisotopic (exact) mass is 277 g/mol. The van der Waals surface area contributed by atoms with Crippen molar-refractivity contribution in [2.24, 2.45) is 5.41 Å². The van der Waals surface area contributed by atoms with Gasteiger partial charge in [0.05, 0.1) is 12.1 Å². The second-order valence-electron chi connectivity index (χ2n) is 6.05. The first-order valence-electron chi connectivity index (χ1n) is 6.65. The molecule has 0 amide bonds. The number of aliphatic hydroxyl groups excluding tert-OH is 1. The second-order valence-corrected chi connectivity index (χ2v) is 6.05. The van der Waals surface area contributed by atoms with E-state index in [4.69, 9.17) is 0 Å². The molecule has 5 heteroatoms. The SMILES string of the molecule is CC(C)(C)C(O)C(Cc1ccccc1F)n1cncn1. The molecule has 0 radical (unpaired) electrons. The van der Waals surface area contributed by atoms with Crippen LogP contribution < -0.4 is 0 Å². The molecule has 1 N–H and O–H groups in total. The smallest absolute Gasteiger partial charge is 0.137 e. The molecule has 0 aliphatic carbocycles. The fourth-order valence-corrected chi connectivity index (χ4v) is 2.20. The zero-order valence-corrected chi connectivity index (χ0v) is 12.0. The van der Waals surface area contributed by atoms with Crippen molar-refractivity contribution in [2.75, 3.05) is 0 Å². The molecule has 0 spiro atoms. The van der Waals surface area contributed by atoms with E-state index >= 15 is 0 Å². The van der Waals surface area contributed by atoms with Crippen molar-refractivity contribution < 1.29 is 9.50 Å². The number of nitrogens with zero attached hydrogens (tertiary/aromatic N) is 3. The molecule has 2 aromatic rings. The molecule has 1 aromatic heterocycles. The Morgan fingerprint density at radius 3 is 2.55 bits per heavy atom. The van der Waals surface area contributed by atoms with E-state index in [1.54, 1.807) is 29.2 Å². The number of aliphatic hydroxyl groups is 1. The third-order valence-electron chi connectivity index (χ3n) is 3.42. The molecule has 0 saturated carbocycles. The lowest BCUT2D eigenvalue weighted by atomic mass is 9.82. The van der Waals surface area contributed by atoms with E-state index < -0.39 is 6.10 Å². The maximum Gasteiger partial charge on any atom is 0.137 e. The fraction of sp³-hybridized carbons (Fsp3) is 0.467. The zero-order valence-electron chi connectivity index (χ0n) is 12.0. The highest BCUT2D eigenvalue weighted by Gasteiger charge is 2.32. The van der Waals surface area contributed by atoms with Crippen LogP contribution >= 0.6 is 0 Å². The topological polar surface area (TPSA) is 50.9 Å². The standard InChI is InChI=1S/C15H20FN3O/c1-15(2,3)14(20)13(19-10-17-9-18-19)8-11-6-4-5-7-12(11)16/h4-7,9-10,13-14,20H,8H2,1-3H3. The lowest BCUT2D eigenvalue weighted by Crippen LogP contribution is -2.37. The van der Waals surface area contributed by atoms with Crippen LogP contribution in [0.1, 0.15) is 32.4 Å². The van der Waals surface area contributed by atoms with E-state index in [2.05, 4.69) is 10.1 Å². The summed E-state index contributed by atoms with van der Waals surface area (Å²) in [6.45, 7) is 5.84. The molecular formula is C15H20FN3O. The quantitative estimate of drug-likeness (QED) is 0.934. The van der Waals surface area contributed by atoms with Gasteiger partial charge in [0.2, 0.25) is 0 Å². The third kappa shape index (κ3) is 3.22. The summed E-state index contributed by atoms with van der Waals surface area (Å²) in [7, 11) is 0. The number of halogens is 1. The van der Waals surface area contributed by atoms with Gasteiger partial charge in [0.15, 0.2) is 0 Å². The highest BCUT2D eigenvalue weighted by molar-refractivity contribution is 5.18. The molecule has 0 aliphatic heterocycles. The van der Waals surface area contributed by atoms with Gasteiger partial charge in [-0.2, -0.15) is 5.10 Å². The molecule has 2 atom stereocenters. The van der Waals surface area contributed by atoms with Crippen molar-refractivity contribution in [1.29, 1.82) is 0 Å². The number of benzene rings is 1. The summed E-state index contributed by atoms with van der Waals surface area (Å²) in [4.78, 5) is 3.92. The van der Waals surface area contributed by atoms with Crippen LogP contribution in [0.15, 0.2) is 36.9 Å². The Morgan fingerprint density at radius 2 is 2.00 bits per heavy atom. The number of rotatable bonds is 4. The fourth-order valence-electron chi connectivity index (χ4n) is 2.20. The Morgan fingerprint density at radius 1 is 1.30 bits per heavy atom. The van der Waals surface area contributed by atoms with E-state index in [1.807, 2.05) is 20.8 Å². The summed E-state index contributed by atoms with van der Waals surface area (Å²) >= 11 is 0. The molecular weight excluding hydrogens is 257 g/mol. The molecule has 2 rings (SSSR count). The molecule has 108 valence electrons. The Bertz CT molecular complexity index is 548. The van der Waals surface area contributed by atoms with Crippen molar-refractivity contribution in [1.82, 2.24) is 14.8 Å². The van der Waals surface area contributed by atoms with Gasteiger partial charge in [-0.25, -0.2) is 14.1 Å². The molecule has 0 bridgehead atoms. The molecule has 1 heterocycles. The largest absolute Gasteiger partial charge is 0.390 e. The van der Waals surface area contributed by atoms with Gasteiger partial charge in [-0.05, 0) is 17.0 Å². The average Bonchev–Trinajstić information content (AvgIpc) is 2.89. The molecule has 20 heavy (non-hydrogen) atoms. The second kappa shape index (κ2) is 5.71. The van der Waals surface area contributed by atoms with Crippen molar-refractivity contribution in [3.8, 4) is 0 Å². The van der Waals surface area contributed by atoms with Crippen LogP contribution in [0.3, 0.4) is 0 Å². The van der Waals surface area contributed by atoms with Crippen LogP contribution in [0.2, 0.25) is 0 Å². The van der Waals surface area contributed by atoms with Crippen LogP contribution in [-0.2, 0) is 6.42 Å². The first-order valence-corrected chi connectivity index (χ1v) is 6.65. The highest BCUT2D eigenvalue weighted by atomic mass is 19.1. The Hall–Kier alpha value is -1.75. The summed E-state index contributed by atoms with van der Waals surface area (Å²) in [5.41, 5.74) is 0.235. The van der Waals surface area contributed by atoms with Gasteiger partial charge in [-0.3, -0.25) is 0 Å². The highest BCUT2D eigenvalue weighted by Crippen LogP contribution is 2.30. The van der Waals surface area contributed by atoms with Crippen LogP contribution in [0.5, 0.6) is 0 Å².